The summed E-state index contributed by atoms with van der Waals surface area (Å²) in [7, 11) is -3.54. The lowest BCUT2D eigenvalue weighted by molar-refractivity contribution is 0.0692. The first-order valence-electron chi connectivity index (χ1n) is 7.99. The van der Waals surface area contributed by atoms with E-state index in [1.807, 2.05) is 26.0 Å². The maximum Gasteiger partial charge on any atom is 0.270 e. The monoisotopic (exact) mass is 425 g/mol. The quantitative estimate of drug-likeness (QED) is 0.820. The van der Waals surface area contributed by atoms with Crippen LogP contribution in [0, 0.1) is 13.8 Å². The first-order valence-corrected chi connectivity index (χ1v) is 10.2. The van der Waals surface area contributed by atoms with Crippen molar-refractivity contribution in [3.05, 3.63) is 51.8 Å². The van der Waals surface area contributed by atoms with E-state index >= 15 is 0 Å². The Hall–Kier alpha value is -1.64. The number of aromatic amines is 1. The number of amides is 1. The first-order chi connectivity index (χ1) is 11.8. The Morgan fingerprint density at radius 1 is 1.12 bits per heavy atom. The van der Waals surface area contributed by atoms with Crippen LogP contribution in [0.1, 0.15) is 21.6 Å². The van der Waals surface area contributed by atoms with E-state index in [1.165, 1.54) is 4.31 Å². The molecule has 1 aliphatic rings. The van der Waals surface area contributed by atoms with Gasteiger partial charge in [-0.2, -0.15) is 4.31 Å². The third kappa shape index (κ3) is 3.65. The molecule has 6 nitrogen and oxygen atoms in total. The number of rotatable bonds is 3. The number of aryl methyl sites for hydroxylation is 2. The van der Waals surface area contributed by atoms with Gasteiger partial charge in [-0.3, -0.25) is 4.79 Å². The summed E-state index contributed by atoms with van der Waals surface area (Å²) in [6.45, 7) is 5.08. The molecule has 3 rings (SSSR count). The third-order valence-electron chi connectivity index (χ3n) is 4.35. The second-order valence-corrected chi connectivity index (χ2v) is 9.02. The first kappa shape index (κ1) is 18.2. The molecule has 1 saturated heterocycles. The van der Waals surface area contributed by atoms with Crippen LogP contribution >= 0.6 is 15.9 Å². The van der Waals surface area contributed by atoms with Crippen LogP contribution in [0.15, 0.2) is 39.8 Å². The average molecular weight is 426 g/mol. The fourth-order valence-corrected chi connectivity index (χ4v) is 4.99. The Kier molecular flexibility index (Phi) is 5.04. The molecule has 0 bridgehead atoms. The van der Waals surface area contributed by atoms with Crippen LogP contribution < -0.4 is 0 Å². The van der Waals surface area contributed by atoms with Crippen molar-refractivity contribution < 1.29 is 13.2 Å². The van der Waals surface area contributed by atoms with Crippen molar-refractivity contribution in [2.45, 2.75) is 18.7 Å². The number of halogens is 1. The SMILES string of the molecule is Cc1ccc(S(=O)(=O)N2CCN(C(=O)c3cc(Br)c[nH]3)CC2)c(C)c1. The highest BCUT2D eigenvalue weighted by atomic mass is 79.9. The van der Waals surface area contributed by atoms with Gasteiger partial charge in [0.2, 0.25) is 10.0 Å². The summed E-state index contributed by atoms with van der Waals surface area (Å²) >= 11 is 3.31. The second-order valence-electron chi connectivity index (χ2n) is 6.20. The van der Waals surface area contributed by atoms with Gasteiger partial charge >= 0.3 is 0 Å². The van der Waals surface area contributed by atoms with Crippen molar-refractivity contribution in [1.29, 1.82) is 0 Å². The van der Waals surface area contributed by atoms with Gasteiger partial charge < -0.3 is 9.88 Å². The Balaban J connectivity index is 1.72. The number of hydrogen-bond donors (Lipinski definition) is 1. The molecule has 0 unspecified atom stereocenters. The number of carbonyl (C=O) groups is 1. The number of hydrogen-bond acceptors (Lipinski definition) is 3. The van der Waals surface area contributed by atoms with Gasteiger partial charge in [0, 0.05) is 36.8 Å². The molecule has 1 N–H and O–H groups in total. The predicted molar refractivity (Wildman–Crippen MR) is 99.1 cm³/mol. The summed E-state index contributed by atoms with van der Waals surface area (Å²) in [6.07, 6.45) is 1.70. The van der Waals surface area contributed by atoms with E-state index in [1.54, 1.807) is 23.2 Å². The van der Waals surface area contributed by atoms with E-state index in [0.717, 1.165) is 15.6 Å². The van der Waals surface area contributed by atoms with Crippen LogP contribution in [0.4, 0.5) is 0 Å². The number of H-pyrrole nitrogens is 1. The van der Waals surface area contributed by atoms with Crippen molar-refractivity contribution in [1.82, 2.24) is 14.2 Å². The Labute approximate surface area is 156 Å². The van der Waals surface area contributed by atoms with Crippen LogP contribution in [-0.2, 0) is 10.0 Å². The Morgan fingerprint density at radius 3 is 2.36 bits per heavy atom. The van der Waals surface area contributed by atoms with Gasteiger partial charge in [0.1, 0.15) is 5.69 Å². The molecule has 0 saturated carbocycles. The minimum absolute atomic E-state index is 0.116. The molecule has 1 amide bonds. The molecular weight excluding hydrogens is 406 g/mol. The molecule has 1 aromatic carbocycles. The van der Waals surface area contributed by atoms with Crippen LogP contribution in [0.5, 0.6) is 0 Å². The van der Waals surface area contributed by atoms with Crippen LogP contribution in [0.3, 0.4) is 0 Å². The zero-order valence-electron chi connectivity index (χ0n) is 14.1. The smallest absolute Gasteiger partial charge is 0.270 e. The van der Waals surface area contributed by atoms with E-state index in [4.69, 9.17) is 0 Å². The largest absolute Gasteiger partial charge is 0.356 e. The van der Waals surface area contributed by atoms with Gasteiger partial charge in [0.15, 0.2) is 0 Å². The van der Waals surface area contributed by atoms with Gasteiger partial charge in [-0.25, -0.2) is 8.42 Å². The van der Waals surface area contributed by atoms with Crippen molar-refractivity contribution >= 4 is 31.9 Å². The van der Waals surface area contributed by atoms with Gasteiger partial charge in [0.25, 0.3) is 5.91 Å². The van der Waals surface area contributed by atoms with Crippen molar-refractivity contribution in [2.75, 3.05) is 26.2 Å². The van der Waals surface area contributed by atoms with Gasteiger partial charge in [-0.05, 0) is 47.5 Å². The van der Waals surface area contributed by atoms with Gasteiger partial charge in [-0.1, -0.05) is 17.7 Å². The molecular formula is C17H20BrN3O3S. The molecule has 0 spiro atoms. The fraction of sp³-hybridized carbons (Fsp3) is 0.353. The van der Waals surface area contributed by atoms with E-state index in [9.17, 15) is 13.2 Å². The number of benzene rings is 1. The Bertz CT molecular complexity index is 900. The van der Waals surface area contributed by atoms with Gasteiger partial charge in [0.05, 0.1) is 4.90 Å². The molecule has 2 heterocycles. The number of nitrogens with zero attached hydrogens (tertiary/aromatic N) is 2. The molecule has 1 aliphatic heterocycles. The molecule has 0 aliphatic carbocycles. The summed E-state index contributed by atoms with van der Waals surface area (Å²) in [6, 6.07) is 7.06. The highest BCUT2D eigenvalue weighted by molar-refractivity contribution is 9.10. The Morgan fingerprint density at radius 2 is 1.80 bits per heavy atom. The molecule has 1 fully saturated rings. The number of sulfonamides is 1. The summed E-state index contributed by atoms with van der Waals surface area (Å²) in [5.74, 6) is -0.116. The van der Waals surface area contributed by atoms with E-state index in [0.29, 0.717) is 36.8 Å². The third-order valence-corrected chi connectivity index (χ3v) is 6.87. The predicted octanol–water partition coefficient (Wildman–Crippen LogP) is 2.54. The second kappa shape index (κ2) is 6.93. The average Bonchev–Trinajstić information content (AvgIpc) is 3.00. The van der Waals surface area contributed by atoms with Crippen LogP contribution in [0.25, 0.3) is 0 Å². The molecule has 2 aromatic rings. The molecule has 25 heavy (non-hydrogen) atoms. The highest BCUT2D eigenvalue weighted by Crippen LogP contribution is 2.22. The lowest BCUT2D eigenvalue weighted by atomic mass is 10.2. The summed E-state index contributed by atoms with van der Waals surface area (Å²) < 4.78 is 28.0. The minimum atomic E-state index is -3.54. The molecule has 1 aromatic heterocycles. The summed E-state index contributed by atoms with van der Waals surface area (Å²) in [5, 5.41) is 0. The normalized spacial score (nSPS) is 16.2. The molecule has 8 heteroatoms. The van der Waals surface area contributed by atoms with E-state index < -0.39 is 10.0 Å². The van der Waals surface area contributed by atoms with Crippen LogP contribution in [-0.4, -0.2) is 54.7 Å². The van der Waals surface area contributed by atoms with Gasteiger partial charge in [-0.15, -0.1) is 0 Å². The zero-order chi connectivity index (χ0) is 18.2. The zero-order valence-corrected chi connectivity index (χ0v) is 16.5. The highest BCUT2D eigenvalue weighted by Gasteiger charge is 2.31. The fourth-order valence-electron chi connectivity index (χ4n) is 3.02. The lowest BCUT2D eigenvalue weighted by Gasteiger charge is -2.34. The maximum atomic E-state index is 12.9. The standard InChI is InChI=1S/C17H20BrN3O3S/c1-12-3-4-16(13(2)9-12)25(23,24)21-7-5-20(6-8-21)17(22)15-10-14(18)11-19-15/h3-4,9-11,19H,5-8H2,1-2H3. The van der Waals surface area contributed by atoms with Crippen molar-refractivity contribution in [2.24, 2.45) is 0 Å². The minimum Gasteiger partial charge on any atom is -0.356 e. The maximum absolute atomic E-state index is 12.9. The van der Waals surface area contributed by atoms with Crippen molar-refractivity contribution in [3.63, 3.8) is 0 Å². The summed E-state index contributed by atoms with van der Waals surface area (Å²) in [5.41, 5.74) is 2.27. The molecule has 134 valence electrons. The number of piperazine rings is 1. The lowest BCUT2D eigenvalue weighted by Crippen LogP contribution is -2.50. The molecule has 0 atom stereocenters. The number of aromatic nitrogens is 1. The van der Waals surface area contributed by atoms with Crippen LogP contribution in [0.2, 0.25) is 0 Å². The van der Waals surface area contributed by atoms with Crippen molar-refractivity contribution in [3.8, 4) is 0 Å². The summed E-state index contributed by atoms with van der Waals surface area (Å²) in [4.78, 5) is 17.4. The topological polar surface area (TPSA) is 73.5 Å². The van der Waals surface area contributed by atoms with E-state index in [2.05, 4.69) is 20.9 Å². The molecule has 0 radical (unpaired) electrons. The number of nitrogens with one attached hydrogen (secondary N) is 1. The van der Waals surface area contributed by atoms with E-state index in [-0.39, 0.29) is 5.91 Å². The number of carbonyl (C=O) groups excluding carboxylic acids is 1.